The molecule has 0 heterocycles. The van der Waals surface area contributed by atoms with Crippen LogP contribution in [0.25, 0.3) is 0 Å². The quantitative estimate of drug-likeness (QED) is 0.781. The number of benzene rings is 1. The maximum atomic E-state index is 12.2. The first-order valence-electron chi connectivity index (χ1n) is 6.77. The van der Waals surface area contributed by atoms with Gasteiger partial charge in [0.2, 0.25) is 5.91 Å². The normalized spacial score (nSPS) is 13.3. The van der Waals surface area contributed by atoms with E-state index in [0.29, 0.717) is 28.8 Å². The first kappa shape index (κ1) is 17.9. The fraction of sp³-hybridized carbons (Fsp3) is 0.533. The first-order chi connectivity index (χ1) is 9.71. The maximum absolute atomic E-state index is 12.2. The Morgan fingerprint density at radius 2 is 1.86 bits per heavy atom. The molecule has 0 aliphatic carbocycles. The number of thioether (sulfide) groups is 1. The highest BCUT2D eigenvalue weighted by Gasteiger charge is 2.23. The van der Waals surface area contributed by atoms with Crippen LogP contribution in [0, 0.1) is 11.3 Å². The summed E-state index contributed by atoms with van der Waals surface area (Å²) < 4.78 is 24.4. The van der Waals surface area contributed by atoms with Gasteiger partial charge in [-0.15, -0.1) is 0 Å². The van der Waals surface area contributed by atoms with Crippen molar-refractivity contribution in [3.63, 3.8) is 0 Å². The number of rotatable bonds is 6. The van der Waals surface area contributed by atoms with Crippen LogP contribution in [-0.2, 0) is 4.79 Å². The lowest BCUT2D eigenvalue weighted by molar-refractivity contribution is -0.120. The summed E-state index contributed by atoms with van der Waals surface area (Å²) in [5.41, 5.74) is 6.27. The summed E-state index contributed by atoms with van der Waals surface area (Å²) in [5, 5.41) is 2.78. The number of alkyl halides is 2. The molecule has 0 bridgehead atoms. The standard InChI is InChI=1S/C15H22F2N2OS/c1-15(2,3)8-10(9-18)13(20)19-11-4-6-12(7-5-11)21-14(16)17/h4-7,10,14H,8-9,18H2,1-3H3,(H,19,20). The van der Waals surface area contributed by atoms with E-state index in [1.54, 1.807) is 24.3 Å². The summed E-state index contributed by atoms with van der Waals surface area (Å²) in [6.07, 6.45) is 0.689. The molecule has 3 N–H and O–H groups in total. The molecule has 6 heteroatoms. The van der Waals surface area contributed by atoms with Crippen molar-refractivity contribution in [2.24, 2.45) is 17.1 Å². The van der Waals surface area contributed by atoms with E-state index in [-0.39, 0.29) is 23.8 Å². The van der Waals surface area contributed by atoms with Crippen LogP contribution in [0.5, 0.6) is 0 Å². The molecule has 1 atom stereocenters. The average Bonchev–Trinajstić information content (AvgIpc) is 2.36. The van der Waals surface area contributed by atoms with Crippen molar-refractivity contribution in [3.05, 3.63) is 24.3 Å². The van der Waals surface area contributed by atoms with E-state index in [0.717, 1.165) is 0 Å². The molecule has 1 unspecified atom stereocenters. The molecule has 1 aromatic rings. The second-order valence-electron chi connectivity index (χ2n) is 6.09. The van der Waals surface area contributed by atoms with E-state index in [9.17, 15) is 13.6 Å². The number of hydrogen-bond acceptors (Lipinski definition) is 3. The molecule has 118 valence electrons. The minimum atomic E-state index is -2.45. The molecule has 0 aliphatic rings. The molecule has 1 rings (SSSR count). The summed E-state index contributed by atoms with van der Waals surface area (Å²) in [6.45, 7) is 6.44. The minimum absolute atomic E-state index is 0.0130. The molecule has 1 amide bonds. The minimum Gasteiger partial charge on any atom is -0.330 e. The number of carbonyl (C=O) groups is 1. The van der Waals surface area contributed by atoms with Crippen molar-refractivity contribution in [1.29, 1.82) is 0 Å². The van der Waals surface area contributed by atoms with Crippen molar-refractivity contribution in [3.8, 4) is 0 Å². The molecule has 0 saturated carbocycles. The average molecular weight is 316 g/mol. The highest BCUT2D eigenvalue weighted by Crippen LogP contribution is 2.27. The Labute approximate surface area is 128 Å². The summed E-state index contributed by atoms with van der Waals surface area (Å²) >= 11 is 0.479. The van der Waals surface area contributed by atoms with Gasteiger partial charge >= 0.3 is 0 Å². The summed E-state index contributed by atoms with van der Waals surface area (Å²) in [7, 11) is 0. The Kier molecular flexibility index (Phi) is 6.61. The molecule has 0 radical (unpaired) electrons. The van der Waals surface area contributed by atoms with Crippen molar-refractivity contribution in [2.75, 3.05) is 11.9 Å². The van der Waals surface area contributed by atoms with Crippen molar-refractivity contribution in [1.82, 2.24) is 0 Å². The molecule has 0 aliphatic heterocycles. The topological polar surface area (TPSA) is 55.1 Å². The van der Waals surface area contributed by atoms with Gasteiger partial charge in [-0.25, -0.2) is 0 Å². The molecular weight excluding hydrogens is 294 g/mol. The lowest BCUT2D eigenvalue weighted by Gasteiger charge is -2.24. The molecule has 0 aromatic heterocycles. The second-order valence-corrected chi connectivity index (χ2v) is 7.15. The molecule has 0 spiro atoms. The van der Waals surface area contributed by atoms with Crippen LogP contribution in [0.1, 0.15) is 27.2 Å². The van der Waals surface area contributed by atoms with Crippen LogP contribution in [0.15, 0.2) is 29.2 Å². The van der Waals surface area contributed by atoms with Gasteiger partial charge in [0.15, 0.2) is 0 Å². The van der Waals surface area contributed by atoms with Crippen molar-refractivity contribution in [2.45, 2.75) is 37.8 Å². The maximum Gasteiger partial charge on any atom is 0.288 e. The fourth-order valence-corrected chi connectivity index (χ4v) is 2.49. The lowest BCUT2D eigenvalue weighted by atomic mass is 9.84. The molecular formula is C15H22F2N2OS. The number of nitrogens with one attached hydrogen (secondary N) is 1. The van der Waals surface area contributed by atoms with Crippen molar-refractivity contribution < 1.29 is 13.6 Å². The Morgan fingerprint density at radius 3 is 2.29 bits per heavy atom. The molecule has 3 nitrogen and oxygen atoms in total. The van der Waals surface area contributed by atoms with E-state index >= 15 is 0 Å². The van der Waals surface area contributed by atoms with Crippen LogP contribution < -0.4 is 11.1 Å². The van der Waals surface area contributed by atoms with Gasteiger partial charge in [-0.2, -0.15) is 8.78 Å². The van der Waals surface area contributed by atoms with E-state index in [2.05, 4.69) is 26.1 Å². The molecule has 0 fully saturated rings. The Bertz CT molecular complexity index is 458. The highest BCUT2D eigenvalue weighted by molar-refractivity contribution is 7.99. The SMILES string of the molecule is CC(C)(C)CC(CN)C(=O)Nc1ccc(SC(F)F)cc1. The molecule has 21 heavy (non-hydrogen) atoms. The van der Waals surface area contributed by atoms with Gasteiger partial charge < -0.3 is 11.1 Å². The van der Waals surface area contributed by atoms with E-state index in [1.807, 2.05) is 0 Å². The number of amides is 1. The van der Waals surface area contributed by atoms with Gasteiger partial charge in [0, 0.05) is 17.1 Å². The van der Waals surface area contributed by atoms with E-state index in [4.69, 9.17) is 5.73 Å². The van der Waals surface area contributed by atoms with E-state index < -0.39 is 5.76 Å². The molecule has 1 aromatic carbocycles. The number of anilines is 1. The summed E-state index contributed by atoms with van der Waals surface area (Å²) in [4.78, 5) is 12.6. The zero-order valence-corrected chi connectivity index (χ0v) is 13.3. The van der Waals surface area contributed by atoms with Gasteiger partial charge in [0.05, 0.1) is 5.92 Å². The van der Waals surface area contributed by atoms with Gasteiger partial charge in [0.1, 0.15) is 0 Å². The smallest absolute Gasteiger partial charge is 0.288 e. The number of halogens is 2. The lowest BCUT2D eigenvalue weighted by Crippen LogP contribution is -2.32. The van der Waals surface area contributed by atoms with E-state index in [1.165, 1.54) is 0 Å². The van der Waals surface area contributed by atoms with Gasteiger partial charge in [0.25, 0.3) is 5.76 Å². The third-order valence-electron chi connectivity index (χ3n) is 2.86. The summed E-state index contributed by atoms with van der Waals surface area (Å²) in [6, 6.07) is 6.36. The van der Waals surface area contributed by atoms with Crippen LogP contribution >= 0.6 is 11.8 Å². The zero-order chi connectivity index (χ0) is 16.0. The fourth-order valence-electron chi connectivity index (χ4n) is 1.99. The van der Waals surface area contributed by atoms with Crippen LogP contribution in [0.4, 0.5) is 14.5 Å². The third kappa shape index (κ3) is 6.91. The van der Waals surface area contributed by atoms with Gasteiger partial charge in [-0.3, -0.25) is 4.79 Å². The Hall–Kier alpha value is -1.14. The zero-order valence-electron chi connectivity index (χ0n) is 12.5. The number of carbonyl (C=O) groups excluding carboxylic acids is 1. The second kappa shape index (κ2) is 7.75. The van der Waals surface area contributed by atoms with Crippen molar-refractivity contribution >= 4 is 23.4 Å². The summed E-state index contributed by atoms with van der Waals surface area (Å²) in [5.74, 6) is -2.85. The molecule has 0 saturated heterocycles. The number of hydrogen-bond donors (Lipinski definition) is 2. The van der Waals surface area contributed by atoms with Crippen LogP contribution in [0.3, 0.4) is 0 Å². The predicted molar refractivity (Wildman–Crippen MR) is 83.5 cm³/mol. The van der Waals surface area contributed by atoms with Gasteiger partial charge in [-0.1, -0.05) is 32.5 Å². The van der Waals surface area contributed by atoms with Crippen LogP contribution in [0.2, 0.25) is 0 Å². The Morgan fingerprint density at radius 1 is 1.29 bits per heavy atom. The highest BCUT2D eigenvalue weighted by atomic mass is 32.2. The largest absolute Gasteiger partial charge is 0.330 e. The number of nitrogens with two attached hydrogens (primary N) is 1. The monoisotopic (exact) mass is 316 g/mol. The Balaban J connectivity index is 2.64. The first-order valence-corrected chi connectivity index (χ1v) is 7.65. The van der Waals surface area contributed by atoms with Gasteiger partial charge in [-0.05, 0) is 36.1 Å². The van der Waals surface area contributed by atoms with Crippen LogP contribution in [-0.4, -0.2) is 18.2 Å². The third-order valence-corrected chi connectivity index (χ3v) is 3.58. The predicted octanol–water partition coefficient (Wildman–Crippen LogP) is 3.95.